The van der Waals surface area contributed by atoms with Gasteiger partial charge >= 0.3 is 0 Å². The van der Waals surface area contributed by atoms with E-state index in [0.29, 0.717) is 25.1 Å². The van der Waals surface area contributed by atoms with Crippen molar-refractivity contribution >= 4 is 11.6 Å². The van der Waals surface area contributed by atoms with Crippen LogP contribution in [0.3, 0.4) is 0 Å². The van der Waals surface area contributed by atoms with Crippen LogP contribution in [0, 0.1) is 5.82 Å². The average molecular weight is 266 g/mol. The molecule has 0 bridgehead atoms. The molecule has 1 aromatic rings. The number of carbonyl (C=O) groups excluding carboxylic acids is 1. The Labute approximate surface area is 112 Å². The Morgan fingerprint density at radius 3 is 2.74 bits per heavy atom. The minimum atomic E-state index is -0.810. The second kappa shape index (κ2) is 5.57. The van der Waals surface area contributed by atoms with E-state index in [-0.39, 0.29) is 11.7 Å². The van der Waals surface area contributed by atoms with Crippen molar-refractivity contribution < 1.29 is 13.9 Å². The molecule has 0 aliphatic heterocycles. The van der Waals surface area contributed by atoms with E-state index < -0.39 is 11.4 Å². The van der Waals surface area contributed by atoms with Crippen LogP contribution in [-0.2, 0) is 4.79 Å². The van der Waals surface area contributed by atoms with Gasteiger partial charge in [-0.25, -0.2) is 4.39 Å². The lowest BCUT2D eigenvalue weighted by atomic mass is 9.98. The highest BCUT2D eigenvalue weighted by atomic mass is 19.1. The van der Waals surface area contributed by atoms with Crippen molar-refractivity contribution in [3.05, 3.63) is 24.0 Å². The monoisotopic (exact) mass is 266 g/mol. The number of hydrogen-bond acceptors (Lipinski definition) is 3. The number of carbonyl (C=O) groups is 1. The third-order valence-corrected chi connectivity index (χ3v) is 3.44. The van der Waals surface area contributed by atoms with E-state index in [9.17, 15) is 9.18 Å². The van der Waals surface area contributed by atoms with Gasteiger partial charge in [0.2, 0.25) is 5.91 Å². The van der Waals surface area contributed by atoms with Gasteiger partial charge in [-0.05, 0) is 31.9 Å². The molecule has 0 spiro atoms. The van der Waals surface area contributed by atoms with Gasteiger partial charge in [0.15, 0.2) is 11.6 Å². The number of amides is 1. The molecule has 1 aromatic carbocycles. The van der Waals surface area contributed by atoms with Crippen LogP contribution in [0.25, 0.3) is 0 Å². The van der Waals surface area contributed by atoms with Gasteiger partial charge in [0.25, 0.3) is 0 Å². The Morgan fingerprint density at radius 1 is 1.47 bits per heavy atom. The van der Waals surface area contributed by atoms with Gasteiger partial charge in [0.1, 0.15) is 0 Å². The molecule has 19 heavy (non-hydrogen) atoms. The number of rotatable bonds is 4. The zero-order valence-corrected chi connectivity index (χ0v) is 11.0. The van der Waals surface area contributed by atoms with Crippen LogP contribution in [0.5, 0.6) is 5.75 Å². The topological polar surface area (TPSA) is 64.3 Å². The summed E-state index contributed by atoms with van der Waals surface area (Å²) >= 11 is 0. The molecular weight excluding hydrogens is 247 g/mol. The predicted octanol–water partition coefficient (Wildman–Crippen LogP) is 2.43. The van der Waals surface area contributed by atoms with Crippen LogP contribution in [0.4, 0.5) is 10.1 Å². The largest absolute Gasteiger partial charge is 0.491 e. The van der Waals surface area contributed by atoms with E-state index in [1.54, 1.807) is 13.0 Å². The van der Waals surface area contributed by atoms with Crippen LogP contribution < -0.4 is 15.8 Å². The first kappa shape index (κ1) is 13.8. The third-order valence-electron chi connectivity index (χ3n) is 3.44. The molecule has 5 heteroatoms. The normalized spacial score (nSPS) is 17.2. The number of nitrogens with one attached hydrogen (secondary N) is 1. The van der Waals surface area contributed by atoms with Gasteiger partial charge in [0.05, 0.1) is 12.1 Å². The highest BCUT2D eigenvalue weighted by Crippen LogP contribution is 2.29. The molecule has 0 aromatic heterocycles. The highest BCUT2D eigenvalue weighted by molar-refractivity contribution is 5.98. The molecule has 0 heterocycles. The first-order chi connectivity index (χ1) is 9.05. The molecule has 3 N–H and O–H groups in total. The number of benzene rings is 1. The van der Waals surface area contributed by atoms with Crippen molar-refractivity contribution in [1.82, 2.24) is 0 Å². The Bertz CT molecular complexity index is 471. The van der Waals surface area contributed by atoms with Crippen molar-refractivity contribution in [1.29, 1.82) is 0 Å². The van der Waals surface area contributed by atoms with Crippen molar-refractivity contribution in [3.63, 3.8) is 0 Å². The van der Waals surface area contributed by atoms with E-state index in [0.717, 1.165) is 12.8 Å². The lowest BCUT2D eigenvalue weighted by molar-refractivity contribution is -0.121. The zero-order chi connectivity index (χ0) is 13.9. The number of hydrogen-bond donors (Lipinski definition) is 2. The molecule has 0 atom stereocenters. The third kappa shape index (κ3) is 3.04. The Hall–Kier alpha value is -1.62. The molecule has 1 fully saturated rings. The minimum Gasteiger partial charge on any atom is -0.491 e. The number of halogens is 1. The average Bonchev–Trinajstić information content (AvgIpc) is 2.81. The zero-order valence-electron chi connectivity index (χ0n) is 11.0. The smallest absolute Gasteiger partial charge is 0.244 e. The molecule has 0 radical (unpaired) electrons. The maximum Gasteiger partial charge on any atom is 0.244 e. The quantitative estimate of drug-likeness (QED) is 0.879. The Morgan fingerprint density at radius 2 is 2.16 bits per heavy atom. The van der Waals surface area contributed by atoms with Crippen LogP contribution in [0.1, 0.15) is 32.6 Å². The minimum absolute atomic E-state index is 0.184. The summed E-state index contributed by atoms with van der Waals surface area (Å²) in [5, 5.41) is 2.68. The molecule has 1 saturated carbocycles. The van der Waals surface area contributed by atoms with Gasteiger partial charge in [0, 0.05) is 11.8 Å². The Kier molecular flexibility index (Phi) is 4.04. The van der Waals surface area contributed by atoms with Gasteiger partial charge in [-0.3, -0.25) is 4.79 Å². The molecule has 1 aliphatic carbocycles. The van der Waals surface area contributed by atoms with E-state index in [2.05, 4.69) is 5.32 Å². The molecule has 4 nitrogen and oxygen atoms in total. The van der Waals surface area contributed by atoms with E-state index >= 15 is 0 Å². The summed E-state index contributed by atoms with van der Waals surface area (Å²) in [6.07, 6.45) is 3.28. The summed E-state index contributed by atoms with van der Waals surface area (Å²) in [6, 6.07) is 4.37. The van der Waals surface area contributed by atoms with Crippen molar-refractivity contribution in [2.24, 2.45) is 5.73 Å². The summed E-state index contributed by atoms with van der Waals surface area (Å²) in [4.78, 5) is 12.1. The first-order valence-electron chi connectivity index (χ1n) is 6.58. The fourth-order valence-corrected chi connectivity index (χ4v) is 2.34. The predicted molar refractivity (Wildman–Crippen MR) is 71.6 cm³/mol. The van der Waals surface area contributed by atoms with Crippen LogP contribution in [-0.4, -0.2) is 18.1 Å². The standard InChI is InChI=1S/C14H19FN2O2/c1-2-19-12-6-5-10(9-11(12)15)17-13(18)14(16)7-3-4-8-14/h5-6,9H,2-4,7-8,16H2,1H3,(H,17,18). The number of anilines is 1. The second-order valence-corrected chi connectivity index (χ2v) is 4.90. The summed E-state index contributed by atoms with van der Waals surface area (Å²) in [5.41, 5.74) is 5.63. The van der Waals surface area contributed by atoms with Crippen molar-refractivity contribution in [2.45, 2.75) is 38.1 Å². The van der Waals surface area contributed by atoms with E-state index in [1.807, 2.05) is 0 Å². The fourth-order valence-electron chi connectivity index (χ4n) is 2.34. The molecule has 1 aliphatic rings. The molecule has 1 amide bonds. The van der Waals surface area contributed by atoms with E-state index in [4.69, 9.17) is 10.5 Å². The van der Waals surface area contributed by atoms with Gasteiger partial charge in [-0.15, -0.1) is 0 Å². The fraction of sp³-hybridized carbons (Fsp3) is 0.500. The van der Waals surface area contributed by atoms with Crippen LogP contribution >= 0.6 is 0 Å². The Balaban J connectivity index is 2.07. The second-order valence-electron chi connectivity index (χ2n) is 4.90. The van der Waals surface area contributed by atoms with Crippen molar-refractivity contribution in [2.75, 3.05) is 11.9 Å². The number of nitrogens with two attached hydrogens (primary N) is 1. The molecular formula is C14H19FN2O2. The SMILES string of the molecule is CCOc1ccc(NC(=O)C2(N)CCCC2)cc1F. The van der Waals surface area contributed by atoms with Gasteiger partial charge in [-0.2, -0.15) is 0 Å². The summed E-state index contributed by atoms with van der Waals surface area (Å²) in [6.45, 7) is 2.18. The maximum absolute atomic E-state index is 13.7. The molecule has 0 saturated heterocycles. The van der Waals surface area contributed by atoms with Gasteiger partial charge in [-0.1, -0.05) is 12.8 Å². The lowest BCUT2D eigenvalue weighted by Gasteiger charge is -2.22. The number of ether oxygens (including phenoxy) is 1. The maximum atomic E-state index is 13.7. The van der Waals surface area contributed by atoms with Crippen LogP contribution in [0.15, 0.2) is 18.2 Å². The molecule has 104 valence electrons. The van der Waals surface area contributed by atoms with Crippen molar-refractivity contribution in [3.8, 4) is 5.75 Å². The molecule has 2 rings (SSSR count). The summed E-state index contributed by atoms with van der Waals surface area (Å²) in [5.74, 6) is -0.547. The van der Waals surface area contributed by atoms with Crippen LogP contribution in [0.2, 0.25) is 0 Å². The lowest BCUT2D eigenvalue weighted by Crippen LogP contribution is -2.48. The molecule has 0 unspecified atom stereocenters. The first-order valence-corrected chi connectivity index (χ1v) is 6.58. The summed E-state index contributed by atoms with van der Waals surface area (Å²) < 4.78 is 18.8. The highest BCUT2D eigenvalue weighted by Gasteiger charge is 2.36. The van der Waals surface area contributed by atoms with E-state index in [1.165, 1.54) is 12.1 Å². The van der Waals surface area contributed by atoms with Gasteiger partial charge < -0.3 is 15.8 Å². The summed E-state index contributed by atoms with van der Waals surface area (Å²) in [7, 11) is 0.